The molecule has 5 nitrogen and oxygen atoms in total. The zero-order valence-electron chi connectivity index (χ0n) is 11.5. The molecule has 108 valence electrons. The highest BCUT2D eigenvalue weighted by atomic mass is 16.5. The molecule has 1 aliphatic rings. The van der Waals surface area contributed by atoms with E-state index in [4.69, 9.17) is 19.3 Å². The molecule has 1 saturated heterocycles. The number of rotatable bonds is 10. The van der Waals surface area contributed by atoms with Crippen molar-refractivity contribution in [2.24, 2.45) is 5.92 Å². The number of piperidine rings is 1. The highest BCUT2D eigenvalue weighted by Crippen LogP contribution is 2.15. The first-order valence-corrected chi connectivity index (χ1v) is 6.84. The zero-order valence-corrected chi connectivity index (χ0v) is 11.5. The summed E-state index contributed by atoms with van der Waals surface area (Å²) in [4.78, 5) is 2.40. The average molecular weight is 261 g/mol. The van der Waals surface area contributed by atoms with Gasteiger partial charge < -0.3 is 24.2 Å². The summed E-state index contributed by atoms with van der Waals surface area (Å²) in [7, 11) is 1.67. The van der Waals surface area contributed by atoms with Gasteiger partial charge in [-0.1, -0.05) is 0 Å². The topological polar surface area (TPSA) is 51.2 Å². The van der Waals surface area contributed by atoms with E-state index in [1.807, 2.05) is 0 Å². The molecule has 0 atom stereocenters. The number of hydrogen-bond acceptors (Lipinski definition) is 5. The average Bonchev–Trinajstić information content (AvgIpc) is 2.42. The summed E-state index contributed by atoms with van der Waals surface area (Å²) in [6.07, 6.45) is 2.22. The molecule has 18 heavy (non-hydrogen) atoms. The Kier molecular flexibility index (Phi) is 9.42. The van der Waals surface area contributed by atoms with Gasteiger partial charge in [0.2, 0.25) is 0 Å². The summed E-state index contributed by atoms with van der Waals surface area (Å²) >= 11 is 0. The van der Waals surface area contributed by atoms with Crippen LogP contribution in [0, 0.1) is 5.92 Å². The van der Waals surface area contributed by atoms with Gasteiger partial charge in [-0.3, -0.25) is 0 Å². The molecule has 1 fully saturated rings. The highest BCUT2D eigenvalue weighted by Gasteiger charge is 2.17. The van der Waals surface area contributed by atoms with Crippen LogP contribution < -0.4 is 0 Å². The first kappa shape index (κ1) is 15.9. The van der Waals surface area contributed by atoms with Gasteiger partial charge in [-0.15, -0.1) is 0 Å². The monoisotopic (exact) mass is 261 g/mol. The Hall–Kier alpha value is -0.200. The molecule has 0 radical (unpaired) electrons. The largest absolute Gasteiger partial charge is 0.396 e. The molecule has 0 aromatic heterocycles. The summed E-state index contributed by atoms with van der Waals surface area (Å²) in [6, 6.07) is 0. The number of hydrogen-bond donors (Lipinski definition) is 1. The molecule has 0 aliphatic carbocycles. The lowest BCUT2D eigenvalue weighted by atomic mass is 9.98. The fraction of sp³-hybridized carbons (Fsp3) is 1.00. The second-order valence-corrected chi connectivity index (χ2v) is 4.69. The van der Waals surface area contributed by atoms with Crippen LogP contribution in [-0.2, 0) is 14.2 Å². The lowest BCUT2D eigenvalue weighted by Crippen LogP contribution is -2.37. The lowest BCUT2D eigenvalue weighted by molar-refractivity contribution is 0.0164. The van der Waals surface area contributed by atoms with E-state index in [0.717, 1.165) is 39.1 Å². The SMILES string of the molecule is COCCOCCOCCN1CCC(CO)CC1. The minimum atomic E-state index is 0.336. The van der Waals surface area contributed by atoms with Gasteiger partial charge in [-0.25, -0.2) is 0 Å². The second-order valence-electron chi connectivity index (χ2n) is 4.69. The fourth-order valence-corrected chi connectivity index (χ4v) is 2.05. The van der Waals surface area contributed by atoms with Crippen molar-refractivity contribution in [3.63, 3.8) is 0 Å². The minimum Gasteiger partial charge on any atom is -0.396 e. The number of ether oxygens (including phenoxy) is 3. The van der Waals surface area contributed by atoms with Gasteiger partial charge in [0.05, 0.1) is 33.0 Å². The molecular weight excluding hydrogens is 234 g/mol. The Morgan fingerprint density at radius 1 is 1.00 bits per heavy atom. The van der Waals surface area contributed by atoms with Crippen LogP contribution in [0.3, 0.4) is 0 Å². The molecule has 1 heterocycles. The first-order valence-electron chi connectivity index (χ1n) is 6.84. The van der Waals surface area contributed by atoms with Crippen LogP contribution in [-0.4, -0.2) is 76.4 Å². The summed E-state index contributed by atoms with van der Waals surface area (Å²) in [5.41, 5.74) is 0. The molecule has 0 saturated carbocycles. The van der Waals surface area contributed by atoms with E-state index in [9.17, 15) is 0 Å². The number of likely N-dealkylation sites (tertiary alicyclic amines) is 1. The summed E-state index contributed by atoms with van der Waals surface area (Å²) in [5.74, 6) is 0.511. The minimum absolute atomic E-state index is 0.336. The zero-order chi connectivity index (χ0) is 13.1. The summed E-state index contributed by atoms with van der Waals surface area (Å²) < 4.78 is 15.7. The normalized spacial score (nSPS) is 18.3. The summed E-state index contributed by atoms with van der Waals surface area (Å²) in [6.45, 7) is 6.80. The fourth-order valence-electron chi connectivity index (χ4n) is 2.05. The maximum absolute atomic E-state index is 9.05. The third-order valence-corrected chi connectivity index (χ3v) is 3.32. The maximum Gasteiger partial charge on any atom is 0.0701 e. The van der Waals surface area contributed by atoms with Crippen molar-refractivity contribution in [2.75, 3.05) is 66.4 Å². The molecule has 0 bridgehead atoms. The first-order chi connectivity index (χ1) is 8.86. The Bertz CT molecular complexity index is 184. The van der Waals surface area contributed by atoms with Gasteiger partial charge in [0.1, 0.15) is 0 Å². The molecule has 0 spiro atoms. The smallest absolute Gasteiger partial charge is 0.0701 e. The third-order valence-electron chi connectivity index (χ3n) is 3.32. The third kappa shape index (κ3) is 7.28. The van der Waals surface area contributed by atoms with Crippen molar-refractivity contribution in [3.05, 3.63) is 0 Å². The van der Waals surface area contributed by atoms with Crippen molar-refractivity contribution < 1.29 is 19.3 Å². The Labute approximate surface area is 110 Å². The van der Waals surface area contributed by atoms with Crippen molar-refractivity contribution >= 4 is 0 Å². The van der Waals surface area contributed by atoms with Crippen molar-refractivity contribution in [3.8, 4) is 0 Å². The quantitative estimate of drug-likeness (QED) is 0.576. The molecule has 0 unspecified atom stereocenters. The van der Waals surface area contributed by atoms with Gasteiger partial charge in [0.15, 0.2) is 0 Å². The van der Waals surface area contributed by atoms with Gasteiger partial charge in [0.25, 0.3) is 0 Å². The summed E-state index contributed by atoms with van der Waals surface area (Å²) in [5, 5.41) is 9.05. The predicted molar refractivity (Wildman–Crippen MR) is 69.8 cm³/mol. The Morgan fingerprint density at radius 3 is 2.22 bits per heavy atom. The van der Waals surface area contributed by atoms with E-state index < -0.39 is 0 Å². The molecule has 1 rings (SSSR count). The molecule has 1 N–H and O–H groups in total. The molecule has 0 amide bonds. The van der Waals surface area contributed by atoms with Gasteiger partial charge in [-0.2, -0.15) is 0 Å². The number of aliphatic hydroxyl groups is 1. The molecule has 0 aromatic rings. The van der Waals surface area contributed by atoms with Gasteiger partial charge in [0, 0.05) is 20.3 Å². The van der Waals surface area contributed by atoms with Crippen LogP contribution in [0.2, 0.25) is 0 Å². The molecule has 5 heteroatoms. The standard InChI is InChI=1S/C13H27NO4/c1-16-8-9-18-11-10-17-7-6-14-4-2-13(12-15)3-5-14/h13,15H,2-12H2,1H3. The van der Waals surface area contributed by atoms with Crippen LogP contribution in [0.25, 0.3) is 0 Å². The highest BCUT2D eigenvalue weighted by molar-refractivity contribution is 4.71. The van der Waals surface area contributed by atoms with Gasteiger partial charge in [-0.05, 0) is 31.8 Å². The Balaban J connectivity index is 1.84. The van der Waals surface area contributed by atoms with Crippen LogP contribution >= 0.6 is 0 Å². The van der Waals surface area contributed by atoms with Crippen molar-refractivity contribution in [1.82, 2.24) is 4.90 Å². The van der Waals surface area contributed by atoms with E-state index in [1.165, 1.54) is 0 Å². The molecule has 0 aromatic carbocycles. The predicted octanol–water partition coefficient (Wildman–Crippen LogP) is 0.370. The maximum atomic E-state index is 9.05. The van der Waals surface area contributed by atoms with Gasteiger partial charge >= 0.3 is 0 Å². The number of nitrogens with zero attached hydrogens (tertiary/aromatic N) is 1. The van der Waals surface area contributed by atoms with E-state index in [2.05, 4.69) is 4.90 Å². The van der Waals surface area contributed by atoms with Crippen molar-refractivity contribution in [2.45, 2.75) is 12.8 Å². The second kappa shape index (κ2) is 10.7. The number of aliphatic hydroxyl groups excluding tert-OH is 1. The van der Waals surface area contributed by atoms with E-state index >= 15 is 0 Å². The van der Waals surface area contributed by atoms with Crippen LogP contribution in [0.4, 0.5) is 0 Å². The van der Waals surface area contributed by atoms with Crippen LogP contribution in [0.5, 0.6) is 0 Å². The van der Waals surface area contributed by atoms with E-state index in [0.29, 0.717) is 39.0 Å². The Morgan fingerprint density at radius 2 is 1.61 bits per heavy atom. The lowest BCUT2D eigenvalue weighted by Gasteiger charge is -2.30. The van der Waals surface area contributed by atoms with Crippen LogP contribution in [0.15, 0.2) is 0 Å². The molecule has 1 aliphatic heterocycles. The number of methoxy groups -OCH3 is 1. The van der Waals surface area contributed by atoms with Crippen molar-refractivity contribution in [1.29, 1.82) is 0 Å². The van der Waals surface area contributed by atoms with Crippen LogP contribution in [0.1, 0.15) is 12.8 Å². The molecular formula is C13H27NO4. The van der Waals surface area contributed by atoms with E-state index in [-0.39, 0.29) is 0 Å². The van der Waals surface area contributed by atoms with E-state index in [1.54, 1.807) is 7.11 Å².